The number of unbranched alkanes of at least 4 members (excludes halogenated alkanes) is 3. The van der Waals surface area contributed by atoms with Gasteiger partial charge in [-0.3, -0.25) is 0 Å². The summed E-state index contributed by atoms with van der Waals surface area (Å²) in [5.41, 5.74) is 5.93. The molecule has 4 aromatic carbocycles. The normalized spacial score (nSPS) is 10.7. The first kappa shape index (κ1) is 27.0. The van der Waals surface area contributed by atoms with E-state index < -0.39 is 0 Å². The van der Waals surface area contributed by atoms with E-state index in [9.17, 15) is 4.39 Å². The van der Waals surface area contributed by atoms with Crippen molar-refractivity contribution in [3.05, 3.63) is 130 Å². The molecular formula is C37H35F. The fourth-order valence-electron chi connectivity index (χ4n) is 4.45. The number of rotatable bonds is 8. The molecule has 0 heterocycles. The molecule has 0 aliphatic carbocycles. The quantitative estimate of drug-likeness (QED) is 0.129. The lowest BCUT2D eigenvalue weighted by Crippen LogP contribution is -1.92. The van der Waals surface area contributed by atoms with Gasteiger partial charge in [-0.2, -0.15) is 0 Å². The minimum atomic E-state index is -0.124. The summed E-state index contributed by atoms with van der Waals surface area (Å²) in [5, 5.41) is 1.53. The van der Waals surface area contributed by atoms with Gasteiger partial charge in [-0.15, -0.1) is 0 Å². The van der Waals surface area contributed by atoms with E-state index in [1.807, 2.05) is 67.6 Å². The molecule has 0 radical (unpaired) electrons. The summed E-state index contributed by atoms with van der Waals surface area (Å²) in [6.45, 7) is 4.23. The van der Waals surface area contributed by atoms with Crippen LogP contribution in [0.4, 0.5) is 4.39 Å². The topological polar surface area (TPSA) is 0 Å². The van der Waals surface area contributed by atoms with Crippen molar-refractivity contribution in [3.8, 4) is 23.7 Å². The third-order valence-corrected chi connectivity index (χ3v) is 6.71. The fourth-order valence-corrected chi connectivity index (χ4v) is 4.45. The second-order valence-corrected chi connectivity index (χ2v) is 9.67. The van der Waals surface area contributed by atoms with E-state index in [1.54, 1.807) is 0 Å². The number of hydrogen-bond acceptors (Lipinski definition) is 0. The highest BCUT2D eigenvalue weighted by atomic mass is 19.1. The van der Waals surface area contributed by atoms with Crippen LogP contribution in [0.5, 0.6) is 0 Å². The van der Waals surface area contributed by atoms with E-state index in [0.29, 0.717) is 11.8 Å². The molecule has 4 aromatic rings. The number of hydrogen-bond donors (Lipinski definition) is 0. The average molecular weight is 499 g/mol. The fraction of sp³-hybridized carbons (Fsp3) is 0.243. The molecule has 0 atom stereocenters. The molecule has 0 saturated carbocycles. The van der Waals surface area contributed by atoms with Gasteiger partial charge < -0.3 is 0 Å². The van der Waals surface area contributed by atoms with E-state index in [-0.39, 0.29) is 5.82 Å². The van der Waals surface area contributed by atoms with Gasteiger partial charge in [0.1, 0.15) is 5.82 Å². The Morgan fingerprint density at radius 1 is 0.658 bits per heavy atom. The summed E-state index contributed by atoms with van der Waals surface area (Å²) in [7, 11) is 0. The van der Waals surface area contributed by atoms with Gasteiger partial charge in [0.2, 0.25) is 0 Å². The Morgan fingerprint density at radius 3 is 1.89 bits per heavy atom. The summed E-state index contributed by atoms with van der Waals surface area (Å²) in [5.74, 6) is 12.8. The van der Waals surface area contributed by atoms with E-state index in [4.69, 9.17) is 0 Å². The minimum Gasteiger partial charge on any atom is -0.206 e. The highest BCUT2D eigenvalue weighted by Crippen LogP contribution is 2.23. The van der Waals surface area contributed by atoms with Gasteiger partial charge in [-0.1, -0.05) is 92.4 Å². The van der Waals surface area contributed by atoms with E-state index >= 15 is 0 Å². The van der Waals surface area contributed by atoms with Crippen LogP contribution in [0.3, 0.4) is 0 Å². The van der Waals surface area contributed by atoms with Crippen molar-refractivity contribution in [3.63, 3.8) is 0 Å². The zero-order valence-corrected chi connectivity index (χ0v) is 22.5. The highest BCUT2D eigenvalue weighted by molar-refractivity contribution is 5.85. The van der Waals surface area contributed by atoms with Crippen LogP contribution in [0.25, 0.3) is 10.8 Å². The van der Waals surface area contributed by atoms with Crippen LogP contribution in [-0.2, 0) is 12.8 Å². The number of halogens is 1. The molecule has 1 heteroatoms. The lowest BCUT2D eigenvalue weighted by Gasteiger charge is -2.06. The largest absolute Gasteiger partial charge is 0.206 e. The molecule has 0 aliphatic rings. The first-order chi connectivity index (χ1) is 18.7. The van der Waals surface area contributed by atoms with E-state index in [1.165, 1.54) is 31.2 Å². The van der Waals surface area contributed by atoms with Crippen LogP contribution in [0.1, 0.15) is 79.3 Å². The first-order valence-corrected chi connectivity index (χ1v) is 13.7. The van der Waals surface area contributed by atoms with Gasteiger partial charge in [0, 0.05) is 27.6 Å². The van der Waals surface area contributed by atoms with Crippen molar-refractivity contribution < 1.29 is 4.39 Å². The van der Waals surface area contributed by atoms with Crippen LogP contribution in [-0.4, -0.2) is 0 Å². The van der Waals surface area contributed by atoms with E-state index in [0.717, 1.165) is 46.0 Å². The maximum atomic E-state index is 14.9. The lowest BCUT2D eigenvalue weighted by atomic mass is 10.0. The maximum Gasteiger partial charge on any atom is 0.134 e. The van der Waals surface area contributed by atoms with Crippen molar-refractivity contribution in [2.24, 2.45) is 0 Å². The number of aryl methyl sites for hydroxylation is 2. The third-order valence-electron chi connectivity index (χ3n) is 6.71. The Kier molecular flexibility index (Phi) is 9.96. The van der Waals surface area contributed by atoms with Gasteiger partial charge in [-0.25, -0.2) is 4.39 Å². The van der Waals surface area contributed by atoms with Crippen molar-refractivity contribution in [2.75, 3.05) is 0 Å². The van der Waals surface area contributed by atoms with Gasteiger partial charge >= 0.3 is 0 Å². The molecule has 0 fully saturated rings. The Morgan fingerprint density at radius 2 is 1.26 bits per heavy atom. The van der Waals surface area contributed by atoms with E-state index in [2.05, 4.69) is 60.9 Å². The Labute approximate surface area is 227 Å². The van der Waals surface area contributed by atoms with Crippen LogP contribution in [0.15, 0.2) is 91.0 Å². The molecule has 0 spiro atoms. The second kappa shape index (κ2) is 14.0. The highest BCUT2D eigenvalue weighted by Gasteiger charge is 2.07. The van der Waals surface area contributed by atoms with Gasteiger partial charge in [-0.05, 0) is 97.7 Å². The number of fused-ring (bicyclic) bond motifs is 1. The molecular weight excluding hydrogens is 463 g/mol. The van der Waals surface area contributed by atoms with Gasteiger partial charge in [0.05, 0.1) is 0 Å². The second-order valence-electron chi connectivity index (χ2n) is 9.67. The van der Waals surface area contributed by atoms with Crippen molar-refractivity contribution >= 4 is 10.8 Å². The number of allylic oxidation sites excluding steroid dienone is 2. The zero-order valence-electron chi connectivity index (χ0n) is 22.5. The summed E-state index contributed by atoms with van der Waals surface area (Å²) in [6.07, 6.45) is 11.9. The summed E-state index contributed by atoms with van der Waals surface area (Å²) >= 11 is 0. The molecule has 0 nitrogen and oxygen atoms in total. The molecule has 0 saturated heterocycles. The maximum absolute atomic E-state index is 14.9. The summed E-state index contributed by atoms with van der Waals surface area (Å²) in [4.78, 5) is 0. The molecule has 4 rings (SSSR count). The zero-order chi connectivity index (χ0) is 26.6. The first-order valence-electron chi connectivity index (χ1n) is 13.7. The van der Waals surface area contributed by atoms with Crippen molar-refractivity contribution in [1.82, 2.24) is 0 Å². The van der Waals surface area contributed by atoms with Gasteiger partial charge in [0.15, 0.2) is 0 Å². The standard InChI is InChI=1S/C37H35F/c1-3-5-7-9-10-29-12-14-30(15-13-29)16-17-31-18-20-32(21-19-31)22-23-33-24-27-36-35(28-33)26-25-34(37(36)38)11-8-6-4-2/h4,6,12-15,18-21,24-28H,3,5,7-11H2,1-2H3/b6-4+. The van der Waals surface area contributed by atoms with Crippen LogP contribution < -0.4 is 0 Å². The molecule has 0 aliphatic heterocycles. The molecule has 190 valence electrons. The summed E-state index contributed by atoms with van der Waals surface area (Å²) < 4.78 is 14.9. The predicted molar refractivity (Wildman–Crippen MR) is 160 cm³/mol. The van der Waals surface area contributed by atoms with Crippen LogP contribution >= 0.6 is 0 Å². The third kappa shape index (κ3) is 7.71. The van der Waals surface area contributed by atoms with Crippen LogP contribution in [0, 0.1) is 29.5 Å². The lowest BCUT2D eigenvalue weighted by molar-refractivity contribution is 0.621. The Bertz CT molecular complexity index is 1500. The SMILES string of the molecule is C/C=C/CCc1ccc2cc(C#Cc3ccc(C#Cc4ccc(CCCCCC)cc4)cc3)ccc2c1F. The Hall–Kier alpha value is -4.07. The average Bonchev–Trinajstić information content (AvgIpc) is 2.95. The molecule has 0 aromatic heterocycles. The van der Waals surface area contributed by atoms with Crippen molar-refractivity contribution in [2.45, 2.75) is 58.8 Å². The molecule has 0 N–H and O–H groups in total. The molecule has 0 amide bonds. The molecule has 38 heavy (non-hydrogen) atoms. The van der Waals surface area contributed by atoms with Gasteiger partial charge in [0.25, 0.3) is 0 Å². The predicted octanol–water partition coefficient (Wildman–Crippen LogP) is 9.41. The van der Waals surface area contributed by atoms with Crippen molar-refractivity contribution in [1.29, 1.82) is 0 Å². The smallest absolute Gasteiger partial charge is 0.134 e. The minimum absolute atomic E-state index is 0.124. The monoisotopic (exact) mass is 498 g/mol. The Balaban J connectivity index is 1.38. The number of benzene rings is 4. The molecule has 0 unspecified atom stereocenters. The van der Waals surface area contributed by atoms with Crippen LogP contribution in [0.2, 0.25) is 0 Å². The molecule has 0 bridgehead atoms. The summed E-state index contributed by atoms with van der Waals surface area (Å²) in [6, 6.07) is 26.2.